The average Bonchev–Trinajstić information content (AvgIpc) is 2.88. The van der Waals surface area contributed by atoms with Gasteiger partial charge in [0.1, 0.15) is 19.8 Å². The number of carbonyl (C=O) groups excluding carboxylic acids is 3. The number of carbonyl (C=O) groups is 3. The summed E-state index contributed by atoms with van der Waals surface area (Å²) >= 11 is 12.1. The van der Waals surface area contributed by atoms with Crippen LogP contribution in [0.1, 0.15) is 38.5 Å². The first-order chi connectivity index (χ1) is 16.8. The third-order valence-electron chi connectivity index (χ3n) is 5.06. The van der Waals surface area contributed by atoms with Gasteiger partial charge in [0, 0.05) is 19.3 Å². The first kappa shape index (κ1) is 34.3. The molecule has 35 heavy (non-hydrogen) atoms. The Balaban J connectivity index is 5.19. The molecule has 0 fully saturated rings. The fourth-order valence-electron chi connectivity index (χ4n) is 2.61. The van der Waals surface area contributed by atoms with Gasteiger partial charge in [0.05, 0.1) is 43.9 Å². The molecule has 0 aliphatic carbocycles. The molecule has 206 valence electrons. The lowest BCUT2D eigenvalue weighted by Gasteiger charge is -2.34. The molecule has 0 rings (SSSR count). The summed E-state index contributed by atoms with van der Waals surface area (Å²) in [6.45, 7) is -2.90. The highest BCUT2D eigenvalue weighted by molar-refractivity contribution is 7.80. The van der Waals surface area contributed by atoms with Crippen LogP contribution in [0.2, 0.25) is 0 Å². The highest BCUT2D eigenvalue weighted by Crippen LogP contribution is 2.23. The Morgan fingerprint density at radius 3 is 1.17 bits per heavy atom. The molecule has 13 heteroatoms. The monoisotopic (exact) mass is 560 g/mol. The minimum Gasteiger partial charge on any atom is -0.465 e. The molecule has 0 atom stereocenters. The summed E-state index contributed by atoms with van der Waals surface area (Å²) in [5.74, 6) is 0.0606. The van der Waals surface area contributed by atoms with Crippen LogP contribution in [0.3, 0.4) is 0 Å². The van der Waals surface area contributed by atoms with Crippen molar-refractivity contribution < 1.29 is 48.7 Å². The second-order valence-corrected chi connectivity index (χ2v) is 9.77. The summed E-state index contributed by atoms with van der Waals surface area (Å²) in [7, 11) is 0. The predicted octanol–water partition coefficient (Wildman–Crippen LogP) is 0.712. The number of thiol groups is 3. The molecule has 0 amide bonds. The highest BCUT2D eigenvalue weighted by atomic mass is 32.1. The molecular weight excluding hydrogens is 520 g/mol. The number of hydrogen-bond acceptors (Lipinski definition) is 13. The van der Waals surface area contributed by atoms with E-state index in [0.29, 0.717) is 36.5 Å². The molecule has 0 heterocycles. The summed E-state index contributed by atoms with van der Waals surface area (Å²) < 4.78 is 21.4. The molecule has 0 radical (unpaired) electrons. The molecule has 0 saturated heterocycles. The van der Waals surface area contributed by atoms with Crippen LogP contribution in [-0.4, -0.2) is 103 Å². The fourth-order valence-corrected chi connectivity index (χ4v) is 3.08. The van der Waals surface area contributed by atoms with Crippen LogP contribution in [0.5, 0.6) is 0 Å². The molecule has 0 unspecified atom stereocenters. The van der Waals surface area contributed by atoms with E-state index in [2.05, 4.69) is 37.9 Å². The molecule has 0 aliphatic rings. The SMILES string of the molecule is O=C(CCCS)OCC(CO)(CO)COCC(CO)(COC(=O)CCCS)COC(=O)CCCS. The van der Waals surface area contributed by atoms with Crippen LogP contribution >= 0.6 is 37.9 Å². The smallest absolute Gasteiger partial charge is 0.305 e. The zero-order valence-corrected chi connectivity index (χ0v) is 22.7. The van der Waals surface area contributed by atoms with Gasteiger partial charge in [-0.1, -0.05) is 0 Å². The number of aliphatic hydroxyl groups is 3. The number of rotatable bonds is 22. The Kier molecular flexibility index (Phi) is 20.0. The Hall–Kier alpha value is -0.700. The topological polar surface area (TPSA) is 149 Å². The highest BCUT2D eigenvalue weighted by Gasteiger charge is 2.37. The maximum atomic E-state index is 12.0. The van der Waals surface area contributed by atoms with Crippen LogP contribution in [0.25, 0.3) is 0 Å². The summed E-state index contributed by atoms with van der Waals surface area (Å²) in [5.41, 5.74) is -2.56. The van der Waals surface area contributed by atoms with Crippen LogP contribution in [0.4, 0.5) is 0 Å². The van der Waals surface area contributed by atoms with Gasteiger partial charge in [-0.2, -0.15) is 37.9 Å². The van der Waals surface area contributed by atoms with Gasteiger partial charge in [0.2, 0.25) is 0 Å². The van der Waals surface area contributed by atoms with E-state index in [1.165, 1.54) is 0 Å². The van der Waals surface area contributed by atoms with Crippen molar-refractivity contribution in [1.82, 2.24) is 0 Å². The zero-order chi connectivity index (χ0) is 26.6. The molecule has 0 saturated carbocycles. The summed E-state index contributed by atoms with van der Waals surface area (Å²) in [5, 5.41) is 29.7. The van der Waals surface area contributed by atoms with Gasteiger partial charge in [-0.3, -0.25) is 14.4 Å². The second kappa shape index (κ2) is 20.4. The van der Waals surface area contributed by atoms with Crippen molar-refractivity contribution in [3.05, 3.63) is 0 Å². The minimum atomic E-state index is -1.29. The van der Waals surface area contributed by atoms with Crippen molar-refractivity contribution in [2.45, 2.75) is 38.5 Å². The molecule has 0 bridgehead atoms. The van der Waals surface area contributed by atoms with Crippen molar-refractivity contribution in [3.63, 3.8) is 0 Å². The van der Waals surface area contributed by atoms with E-state index in [1.807, 2.05) is 0 Å². The van der Waals surface area contributed by atoms with Crippen molar-refractivity contribution in [1.29, 1.82) is 0 Å². The number of esters is 3. The zero-order valence-electron chi connectivity index (χ0n) is 20.1. The van der Waals surface area contributed by atoms with E-state index in [4.69, 9.17) is 18.9 Å². The van der Waals surface area contributed by atoms with E-state index in [-0.39, 0.29) is 52.3 Å². The third kappa shape index (κ3) is 15.2. The first-order valence-electron chi connectivity index (χ1n) is 11.5. The molecule has 3 N–H and O–H groups in total. The number of hydrogen-bond donors (Lipinski definition) is 6. The number of aliphatic hydroxyl groups excluding tert-OH is 3. The van der Waals surface area contributed by atoms with Gasteiger partial charge in [0.15, 0.2) is 0 Å². The first-order valence-corrected chi connectivity index (χ1v) is 13.4. The molecule has 0 spiro atoms. The van der Waals surface area contributed by atoms with E-state index in [1.54, 1.807) is 0 Å². The van der Waals surface area contributed by atoms with E-state index < -0.39 is 48.6 Å². The predicted molar refractivity (Wildman–Crippen MR) is 139 cm³/mol. The average molecular weight is 561 g/mol. The third-order valence-corrected chi connectivity index (χ3v) is 6.01. The largest absolute Gasteiger partial charge is 0.465 e. The van der Waals surface area contributed by atoms with Gasteiger partial charge in [-0.15, -0.1) is 0 Å². The van der Waals surface area contributed by atoms with Gasteiger partial charge in [-0.05, 0) is 36.5 Å². The summed E-state index contributed by atoms with van der Waals surface area (Å²) in [6, 6.07) is 0. The van der Waals surface area contributed by atoms with Gasteiger partial charge in [0.25, 0.3) is 0 Å². The van der Waals surface area contributed by atoms with Crippen molar-refractivity contribution >= 4 is 55.8 Å². The second-order valence-electron chi connectivity index (χ2n) is 8.43. The van der Waals surface area contributed by atoms with Crippen molar-refractivity contribution in [3.8, 4) is 0 Å². The van der Waals surface area contributed by atoms with E-state index in [9.17, 15) is 29.7 Å². The van der Waals surface area contributed by atoms with Gasteiger partial charge >= 0.3 is 17.9 Å². The lowest BCUT2D eigenvalue weighted by atomic mass is 9.90. The van der Waals surface area contributed by atoms with E-state index in [0.717, 1.165) is 0 Å². The molecule has 0 aromatic heterocycles. The van der Waals surface area contributed by atoms with Gasteiger partial charge < -0.3 is 34.3 Å². The maximum absolute atomic E-state index is 12.0. The molecular formula is C22H40O10S3. The molecule has 0 aromatic rings. The quantitative estimate of drug-likeness (QED) is 0.0635. The Morgan fingerprint density at radius 2 is 0.857 bits per heavy atom. The van der Waals surface area contributed by atoms with Gasteiger partial charge in [-0.25, -0.2) is 0 Å². The molecule has 0 aliphatic heterocycles. The summed E-state index contributed by atoms with van der Waals surface area (Å²) in [6.07, 6.45) is 2.01. The maximum Gasteiger partial charge on any atom is 0.305 e. The standard InChI is InChI=1S/C22H40O10S3/c23-10-21(11-24,15-30-18(26)4-1-7-33)13-29-14-22(12-25,16-31-19(27)5-2-8-34)17-32-20(28)6-3-9-35/h23-25,33-35H,1-17H2. The lowest BCUT2D eigenvalue weighted by molar-refractivity contribution is -0.164. The van der Waals surface area contributed by atoms with Crippen molar-refractivity contribution in [2.24, 2.45) is 10.8 Å². The minimum absolute atomic E-state index is 0.143. The molecule has 10 nitrogen and oxygen atoms in total. The van der Waals surface area contributed by atoms with E-state index >= 15 is 0 Å². The van der Waals surface area contributed by atoms with Crippen LogP contribution < -0.4 is 0 Å². The Bertz CT molecular complexity index is 578. The summed E-state index contributed by atoms with van der Waals surface area (Å²) in [4.78, 5) is 35.8. The Morgan fingerprint density at radius 1 is 0.543 bits per heavy atom. The fraction of sp³-hybridized carbons (Fsp3) is 0.864. The Labute approximate surface area is 223 Å². The van der Waals surface area contributed by atoms with Crippen molar-refractivity contribution in [2.75, 3.05) is 70.1 Å². The van der Waals surface area contributed by atoms with Crippen LogP contribution in [-0.2, 0) is 33.3 Å². The number of ether oxygens (including phenoxy) is 4. The van der Waals surface area contributed by atoms with Crippen LogP contribution in [0.15, 0.2) is 0 Å². The normalized spacial score (nSPS) is 11.8. The lowest BCUT2D eigenvalue weighted by Crippen LogP contribution is -2.45. The van der Waals surface area contributed by atoms with Crippen LogP contribution in [0, 0.1) is 10.8 Å². The molecule has 0 aromatic carbocycles.